The van der Waals surface area contributed by atoms with Crippen molar-refractivity contribution in [2.75, 3.05) is 6.54 Å². The first-order valence-electron chi connectivity index (χ1n) is 5.10. The molecule has 3 heteroatoms. The van der Waals surface area contributed by atoms with E-state index in [0.29, 0.717) is 0 Å². The van der Waals surface area contributed by atoms with Crippen LogP contribution in [-0.2, 0) is 0 Å². The molecule has 1 fully saturated rings. The Balaban J connectivity index is 2.23. The lowest BCUT2D eigenvalue weighted by Crippen LogP contribution is -2.42. The second-order valence-electron chi connectivity index (χ2n) is 4.32. The minimum Gasteiger partial charge on any atom is -0.386 e. The first-order chi connectivity index (χ1) is 6.63. The minimum absolute atomic E-state index is 0.115. The van der Waals surface area contributed by atoms with Crippen LogP contribution in [0.3, 0.4) is 0 Å². The van der Waals surface area contributed by atoms with Crippen molar-refractivity contribution in [3.63, 3.8) is 0 Å². The fourth-order valence-corrected chi connectivity index (χ4v) is 3.17. The summed E-state index contributed by atoms with van der Waals surface area (Å²) < 4.78 is 0. The van der Waals surface area contributed by atoms with Crippen LogP contribution in [0.25, 0.3) is 0 Å². The number of thiophene rings is 1. The number of rotatable bonds is 2. The highest BCUT2D eigenvalue weighted by atomic mass is 32.1. The van der Waals surface area contributed by atoms with E-state index >= 15 is 0 Å². The summed E-state index contributed by atoms with van der Waals surface area (Å²) in [6.07, 6.45) is 1.87. The summed E-state index contributed by atoms with van der Waals surface area (Å²) in [7, 11) is 0. The van der Waals surface area contributed by atoms with E-state index in [1.807, 2.05) is 5.38 Å². The lowest BCUT2D eigenvalue weighted by atomic mass is 9.91. The van der Waals surface area contributed by atoms with Crippen LogP contribution in [0.15, 0.2) is 11.4 Å². The largest absolute Gasteiger partial charge is 0.386 e. The Morgan fingerprint density at radius 2 is 2.43 bits per heavy atom. The maximum atomic E-state index is 10.3. The third-order valence-electron chi connectivity index (χ3n) is 3.16. The van der Waals surface area contributed by atoms with Crippen molar-refractivity contribution in [2.45, 2.75) is 38.3 Å². The zero-order valence-corrected chi connectivity index (χ0v) is 9.53. The molecule has 1 aliphatic heterocycles. The maximum absolute atomic E-state index is 10.3. The van der Waals surface area contributed by atoms with Gasteiger partial charge in [0.2, 0.25) is 0 Å². The monoisotopic (exact) mass is 211 g/mol. The van der Waals surface area contributed by atoms with Crippen LogP contribution < -0.4 is 5.32 Å². The molecule has 2 N–H and O–H groups in total. The predicted molar refractivity (Wildman–Crippen MR) is 59.7 cm³/mol. The van der Waals surface area contributed by atoms with Crippen LogP contribution in [0.1, 0.15) is 36.3 Å². The summed E-state index contributed by atoms with van der Waals surface area (Å²) in [6, 6.07) is 2.07. The van der Waals surface area contributed by atoms with Gasteiger partial charge in [0, 0.05) is 10.4 Å². The quantitative estimate of drug-likeness (QED) is 0.786. The molecule has 1 saturated heterocycles. The van der Waals surface area contributed by atoms with E-state index in [9.17, 15) is 5.11 Å². The molecule has 1 aliphatic rings. The van der Waals surface area contributed by atoms with Crippen LogP contribution in [0, 0.1) is 6.92 Å². The molecule has 0 amide bonds. The molecule has 0 aliphatic carbocycles. The average molecular weight is 211 g/mol. The Morgan fingerprint density at radius 1 is 1.64 bits per heavy atom. The number of aliphatic hydroxyl groups is 1. The first kappa shape index (κ1) is 10.1. The number of hydrogen-bond donors (Lipinski definition) is 2. The molecule has 14 heavy (non-hydrogen) atoms. The van der Waals surface area contributed by atoms with Crippen LogP contribution in [0.4, 0.5) is 0 Å². The highest BCUT2D eigenvalue weighted by Gasteiger charge is 2.37. The van der Waals surface area contributed by atoms with Crippen molar-refractivity contribution in [1.82, 2.24) is 5.32 Å². The van der Waals surface area contributed by atoms with Crippen molar-refractivity contribution < 1.29 is 5.11 Å². The van der Waals surface area contributed by atoms with Crippen molar-refractivity contribution in [3.05, 3.63) is 21.9 Å². The summed E-state index contributed by atoms with van der Waals surface area (Å²) in [6.45, 7) is 5.20. The van der Waals surface area contributed by atoms with E-state index < -0.39 is 0 Å². The molecule has 78 valence electrons. The number of aryl methyl sites for hydroxylation is 1. The smallest absolute Gasteiger partial charge is 0.106 e. The van der Waals surface area contributed by atoms with Gasteiger partial charge in [-0.2, -0.15) is 0 Å². The van der Waals surface area contributed by atoms with Gasteiger partial charge in [-0.15, -0.1) is 11.3 Å². The van der Waals surface area contributed by atoms with Gasteiger partial charge in [0.1, 0.15) is 6.10 Å². The predicted octanol–water partition coefficient (Wildman–Crippen LogP) is 2.23. The van der Waals surface area contributed by atoms with Crippen molar-refractivity contribution in [1.29, 1.82) is 0 Å². The summed E-state index contributed by atoms with van der Waals surface area (Å²) in [5, 5.41) is 15.7. The lowest BCUT2D eigenvalue weighted by molar-refractivity contribution is 0.0842. The molecular weight excluding hydrogens is 194 g/mol. The van der Waals surface area contributed by atoms with E-state index in [4.69, 9.17) is 0 Å². The molecule has 2 rings (SSSR count). The Hall–Kier alpha value is -0.380. The molecule has 0 aromatic carbocycles. The molecule has 0 spiro atoms. The van der Waals surface area contributed by atoms with Gasteiger partial charge in [-0.05, 0) is 50.2 Å². The number of aliphatic hydroxyl groups excluding tert-OH is 1. The van der Waals surface area contributed by atoms with E-state index in [1.165, 1.54) is 5.56 Å². The summed E-state index contributed by atoms with van der Waals surface area (Å²) in [5.41, 5.74) is 1.09. The topological polar surface area (TPSA) is 32.3 Å². The molecule has 0 radical (unpaired) electrons. The summed E-state index contributed by atoms with van der Waals surface area (Å²) in [4.78, 5) is 1.11. The Labute approximate surface area is 89.0 Å². The first-order valence-corrected chi connectivity index (χ1v) is 5.98. The highest BCUT2D eigenvalue weighted by Crippen LogP contribution is 2.36. The van der Waals surface area contributed by atoms with Gasteiger partial charge in [0.15, 0.2) is 0 Å². The third kappa shape index (κ3) is 1.60. The third-order valence-corrected chi connectivity index (χ3v) is 4.23. The Morgan fingerprint density at radius 3 is 2.93 bits per heavy atom. The minimum atomic E-state index is -0.356. The SMILES string of the molecule is Cc1ccsc1C(O)C1(C)CCCN1. The highest BCUT2D eigenvalue weighted by molar-refractivity contribution is 7.10. The van der Waals surface area contributed by atoms with Crippen LogP contribution in [0.2, 0.25) is 0 Å². The summed E-state index contributed by atoms with van der Waals surface area (Å²) >= 11 is 1.65. The molecular formula is C11H17NOS. The van der Waals surface area contributed by atoms with Crippen molar-refractivity contribution >= 4 is 11.3 Å². The fourth-order valence-electron chi connectivity index (χ4n) is 2.11. The normalized spacial score (nSPS) is 29.4. The maximum Gasteiger partial charge on any atom is 0.106 e. The molecule has 2 heterocycles. The standard InChI is InChI=1S/C11H17NOS/c1-8-4-7-14-9(8)10(13)11(2)5-3-6-12-11/h4,7,10,12-13H,3,5-6H2,1-2H3. The molecule has 1 aromatic heterocycles. The van der Waals surface area contributed by atoms with Crippen molar-refractivity contribution in [2.24, 2.45) is 0 Å². The average Bonchev–Trinajstić information content (AvgIpc) is 2.74. The molecule has 0 saturated carbocycles. The van der Waals surface area contributed by atoms with E-state index in [1.54, 1.807) is 11.3 Å². The van der Waals surface area contributed by atoms with Gasteiger partial charge >= 0.3 is 0 Å². The van der Waals surface area contributed by atoms with E-state index in [2.05, 4.69) is 25.2 Å². The van der Waals surface area contributed by atoms with E-state index in [0.717, 1.165) is 24.3 Å². The molecule has 2 nitrogen and oxygen atoms in total. The second kappa shape index (κ2) is 3.65. The lowest BCUT2D eigenvalue weighted by Gasteiger charge is -2.30. The van der Waals surface area contributed by atoms with Crippen LogP contribution >= 0.6 is 11.3 Å². The summed E-state index contributed by atoms with van der Waals surface area (Å²) in [5.74, 6) is 0. The van der Waals surface area contributed by atoms with E-state index in [-0.39, 0.29) is 11.6 Å². The number of hydrogen-bond acceptors (Lipinski definition) is 3. The molecule has 2 atom stereocenters. The Bertz CT molecular complexity index is 315. The zero-order valence-electron chi connectivity index (χ0n) is 8.71. The van der Waals surface area contributed by atoms with Gasteiger partial charge in [-0.3, -0.25) is 0 Å². The molecule has 0 bridgehead atoms. The zero-order chi connectivity index (χ0) is 10.2. The van der Waals surface area contributed by atoms with Crippen molar-refractivity contribution in [3.8, 4) is 0 Å². The van der Waals surface area contributed by atoms with Crippen LogP contribution in [0.5, 0.6) is 0 Å². The number of nitrogens with one attached hydrogen (secondary N) is 1. The van der Waals surface area contributed by atoms with Gasteiger partial charge < -0.3 is 10.4 Å². The Kier molecular flexibility index (Phi) is 2.64. The fraction of sp³-hybridized carbons (Fsp3) is 0.636. The van der Waals surface area contributed by atoms with Gasteiger partial charge in [0.25, 0.3) is 0 Å². The van der Waals surface area contributed by atoms with Gasteiger partial charge in [-0.1, -0.05) is 0 Å². The van der Waals surface area contributed by atoms with Gasteiger partial charge in [-0.25, -0.2) is 0 Å². The second-order valence-corrected chi connectivity index (χ2v) is 5.27. The molecule has 1 aromatic rings. The van der Waals surface area contributed by atoms with Crippen LogP contribution in [-0.4, -0.2) is 17.2 Å². The molecule has 2 unspecified atom stereocenters. The van der Waals surface area contributed by atoms with Gasteiger partial charge in [0.05, 0.1) is 0 Å².